The summed E-state index contributed by atoms with van der Waals surface area (Å²) in [5, 5.41) is 9.74. The fourth-order valence-electron chi connectivity index (χ4n) is 3.75. The Morgan fingerprint density at radius 2 is 1.23 bits per heavy atom. The van der Waals surface area contributed by atoms with Gasteiger partial charge in [-0.1, -0.05) is 71.6 Å². The fourth-order valence-corrected chi connectivity index (χ4v) is 3.75. The topological polar surface area (TPSA) is 28.2 Å². The summed E-state index contributed by atoms with van der Waals surface area (Å²) in [5.41, 5.74) is 0. The first-order valence-electron chi connectivity index (χ1n) is 8.95. The van der Waals surface area contributed by atoms with Crippen molar-refractivity contribution in [3.63, 3.8) is 0 Å². The van der Waals surface area contributed by atoms with Crippen molar-refractivity contribution in [1.82, 2.24) is 0 Å². The predicted octanol–water partition coefficient (Wildman–Crippen LogP) is 6.66. The second-order valence-electron chi connectivity index (χ2n) is 7.09. The molecule has 2 nitrogen and oxygen atoms in total. The van der Waals surface area contributed by atoms with Crippen LogP contribution in [0, 0.1) is 11.8 Å². The third kappa shape index (κ3) is 10.2. The summed E-state index contributed by atoms with van der Waals surface area (Å²) in [7, 11) is 9.78. The molecule has 2 rings (SSSR count). The van der Waals surface area contributed by atoms with Gasteiger partial charge in [-0.05, 0) is 11.8 Å². The zero-order chi connectivity index (χ0) is 16.2. The molecular weight excluding hydrogens is 351 g/mol. The first-order valence-corrected chi connectivity index (χ1v) is 13.2. The number of hydrogen-bond donors (Lipinski definition) is 0. The Balaban J connectivity index is 0.000000745. The summed E-state index contributed by atoms with van der Waals surface area (Å²) < 4.78 is 0. The first-order chi connectivity index (χ1) is 10.7. The minimum atomic E-state index is -0.556. The number of hydrogen-bond acceptors (Lipinski definition) is 0. The third-order valence-electron chi connectivity index (χ3n) is 4.91. The Labute approximate surface area is 154 Å². The first kappa shape index (κ1) is 21.3. The van der Waals surface area contributed by atoms with Crippen molar-refractivity contribution in [2.75, 3.05) is 13.1 Å². The molecule has 0 aliphatic heterocycles. The molecule has 4 atom stereocenters. The molecule has 0 aromatic carbocycles. The van der Waals surface area contributed by atoms with Crippen LogP contribution < -0.4 is 0 Å². The normalized spacial score (nSPS) is 32.0. The van der Waals surface area contributed by atoms with E-state index in [9.17, 15) is 0 Å². The molecule has 2 saturated carbocycles. The van der Waals surface area contributed by atoms with Crippen LogP contribution in [0.3, 0.4) is 0 Å². The van der Waals surface area contributed by atoms with E-state index in [-0.39, 0.29) is 0 Å². The Kier molecular flexibility index (Phi) is 13.0. The van der Waals surface area contributed by atoms with Crippen LogP contribution >= 0.6 is 18.6 Å². The van der Waals surface area contributed by atoms with Gasteiger partial charge in [0.05, 0.1) is 0 Å². The monoisotopic (exact) mass is 382 g/mol. The van der Waals surface area contributed by atoms with Crippen LogP contribution in [0.5, 0.6) is 0 Å². The molecule has 5 heteroatoms. The van der Waals surface area contributed by atoms with Crippen molar-refractivity contribution < 1.29 is 17.0 Å². The van der Waals surface area contributed by atoms with Crippen LogP contribution in [0.1, 0.15) is 71.6 Å². The van der Waals surface area contributed by atoms with Gasteiger partial charge >= 0.3 is 35.6 Å². The van der Waals surface area contributed by atoms with E-state index >= 15 is 0 Å². The standard InChI is InChI=1S/C17H32N2.2ClH.Ti/c1-14-6-3-8-16(12-14)18-10-5-11-19-17-9-4-7-15(2)13-17;;;/h14-17H,3-13H2,1-2H3;2*1H;/q-2;;;+2/p-2. The number of halogens is 2. The predicted molar refractivity (Wildman–Crippen MR) is 95.6 cm³/mol. The van der Waals surface area contributed by atoms with Gasteiger partial charge in [0.15, 0.2) is 0 Å². The molecule has 0 aromatic heterocycles. The second-order valence-corrected chi connectivity index (χ2v) is 9.67. The van der Waals surface area contributed by atoms with Gasteiger partial charge in [0, 0.05) is 0 Å². The Bertz CT molecular complexity index is 245. The Hall–Kier alpha value is 1.21. The van der Waals surface area contributed by atoms with E-state index < -0.39 is 17.0 Å². The average Bonchev–Trinajstić information content (AvgIpc) is 2.48. The van der Waals surface area contributed by atoms with Gasteiger partial charge in [-0.3, -0.25) is 0 Å². The molecule has 2 aliphatic carbocycles. The molecule has 4 unspecified atom stereocenters. The van der Waals surface area contributed by atoms with Crippen LogP contribution in [-0.2, 0) is 17.0 Å². The van der Waals surface area contributed by atoms with Crippen LogP contribution in [0.15, 0.2) is 0 Å². The van der Waals surface area contributed by atoms with Crippen molar-refractivity contribution in [1.29, 1.82) is 0 Å². The molecule has 2 aliphatic rings. The maximum absolute atomic E-state index is 4.89. The van der Waals surface area contributed by atoms with Gasteiger partial charge in [-0.25, -0.2) is 0 Å². The molecule has 0 heterocycles. The molecule has 0 N–H and O–H groups in total. The molecule has 0 saturated heterocycles. The third-order valence-corrected chi connectivity index (χ3v) is 4.91. The SMILES string of the molecule is CC1CCCC([N-]CCC[N-]C2CCCC(C)C2)C1.[Cl][Ti][Cl]. The van der Waals surface area contributed by atoms with Gasteiger partial charge in [0.2, 0.25) is 0 Å². The molecule has 0 aromatic rings. The van der Waals surface area contributed by atoms with Crippen molar-refractivity contribution in [2.45, 2.75) is 83.7 Å². The zero-order valence-electron chi connectivity index (χ0n) is 14.2. The van der Waals surface area contributed by atoms with Crippen LogP contribution in [-0.4, -0.2) is 25.2 Å². The van der Waals surface area contributed by atoms with E-state index in [1.807, 2.05) is 0 Å². The summed E-state index contributed by atoms with van der Waals surface area (Å²) >= 11 is -0.556. The maximum atomic E-state index is 4.89. The summed E-state index contributed by atoms with van der Waals surface area (Å²) in [6.07, 6.45) is 12.1. The molecule has 0 amide bonds. The Morgan fingerprint density at radius 3 is 1.59 bits per heavy atom. The molecule has 2 fully saturated rings. The van der Waals surface area contributed by atoms with E-state index in [0.29, 0.717) is 12.1 Å². The summed E-state index contributed by atoms with van der Waals surface area (Å²) in [6, 6.07) is 1.33. The minimum absolute atomic E-state index is 0.556. The van der Waals surface area contributed by atoms with Gasteiger partial charge in [-0.2, -0.15) is 13.1 Å². The molecule has 22 heavy (non-hydrogen) atoms. The average molecular weight is 383 g/mol. The van der Waals surface area contributed by atoms with E-state index in [0.717, 1.165) is 24.9 Å². The summed E-state index contributed by atoms with van der Waals surface area (Å²) in [5.74, 6) is 1.80. The van der Waals surface area contributed by atoms with Crippen molar-refractivity contribution in [2.24, 2.45) is 11.8 Å². The molecule has 0 radical (unpaired) electrons. The second kappa shape index (κ2) is 13.5. The summed E-state index contributed by atoms with van der Waals surface area (Å²) in [4.78, 5) is 0. The van der Waals surface area contributed by atoms with Gasteiger partial charge in [-0.15, -0.1) is 12.1 Å². The fraction of sp³-hybridized carbons (Fsp3) is 1.00. The molecule has 130 valence electrons. The van der Waals surface area contributed by atoms with Crippen molar-refractivity contribution in [3.05, 3.63) is 10.6 Å². The van der Waals surface area contributed by atoms with Gasteiger partial charge < -0.3 is 10.6 Å². The number of rotatable bonds is 6. The number of nitrogens with zero attached hydrogens (tertiary/aromatic N) is 2. The van der Waals surface area contributed by atoms with Gasteiger partial charge in [0.1, 0.15) is 0 Å². The van der Waals surface area contributed by atoms with Crippen LogP contribution in [0.25, 0.3) is 10.6 Å². The quantitative estimate of drug-likeness (QED) is 0.363. The van der Waals surface area contributed by atoms with Crippen molar-refractivity contribution in [3.8, 4) is 0 Å². The van der Waals surface area contributed by atoms with Gasteiger partial charge in [0.25, 0.3) is 0 Å². The van der Waals surface area contributed by atoms with E-state index in [2.05, 4.69) is 13.8 Å². The van der Waals surface area contributed by atoms with E-state index in [1.165, 1.54) is 57.8 Å². The van der Waals surface area contributed by atoms with E-state index in [4.69, 9.17) is 29.2 Å². The summed E-state index contributed by atoms with van der Waals surface area (Å²) in [6.45, 7) is 6.84. The molecule has 0 bridgehead atoms. The van der Waals surface area contributed by atoms with Crippen LogP contribution in [0.4, 0.5) is 0 Å². The zero-order valence-corrected chi connectivity index (χ0v) is 17.3. The Morgan fingerprint density at radius 1 is 0.818 bits per heavy atom. The van der Waals surface area contributed by atoms with E-state index in [1.54, 1.807) is 0 Å². The molecular formula is C17H32Cl2N2Ti-2. The van der Waals surface area contributed by atoms with Crippen LogP contribution in [0.2, 0.25) is 0 Å². The van der Waals surface area contributed by atoms with Crippen molar-refractivity contribution >= 4 is 18.6 Å². The molecule has 0 spiro atoms.